The van der Waals surface area contributed by atoms with E-state index in [1.165, 1.54) is 0 Å². The lowest BCUT2D eigenvalue weighted by molar-refractivity contribution is -0.393. The van der Waals surface area contributed by atoms with E-state index in [9.17, 15) is 30.1 Å². The van der Waals surface area contributed by atoms with Crippen LogP contribution >= 0.6 is 11.3 Å². The third-order valence-corrected chi connectivity index (χ3v) is 3.61. The monoisotopic (exact) mass is 298 g/mol. The maximum Gasteiger partial charge on any atom is 0.351 e. The van der Waals surface area contributed by atoms with Crippen molar-refractivity contribution in [2.24, 2.45) is 0 Å². The molecule has 0 spiro atoms. The van der Waals surface area contributed by atoms with Crippen LogP contribution in [-0.4, -0.2) is 28.0 Å². The van der Waals surface area contributed by atoms with Gasteiger partial charge in [0, 0.05) is 6.07 Å². The molecule has 0 aliphatic carbocycles. The van der Waals surface area contributed by atoms with Crippen molar-refractivity contribution in [1.29, 1.82) is 0 Å². The first-order chi connectivity index (χ1) is 9.36. The molecule has 1 aromatic carbocycles. The second-order valence-electron chi connectivity index (χ2n) is 3.62. The zero-order chi connectivity index (χ0) is 15.0. The lowest BCUT2D eigenvalue weighted by Crippen LogP contribution is -1.97. The number of aromatic hydroxyl groups is 1. The first kappa shape index (κ1) is 13.7. The molecule has 1 aromatic heterocycles. The molecule has 1 heterocycles. The summed E-state index contributed by atoms with van der Waals surface area (Å²) in [7, 11) is 1.09. The predicted molar refractivity (Wildman–Crippen MR) is 68.1 cm³/mol. The summed E-state index contributed by atoms with van der Waals surface area (Å²) in [5.41, 5.74) is -1.14. The lowest BCUT2D eigenvalue weighted by atomic mass is 10.2. The molecule has 0 aliphatic rings. The van der Waals surface area contributed by atoms with Crippen LogP contribution in [0.25, 0.3) is 10.1 Å². The summed E-state index contributed by atoms with van der Waals surface area (Å²) in [6.07, 6.45) is 0. The quantitative estimate of drug-likeness (QED) is 0.521. The van der Waals surface area contributed by atoms with Crippen molar-refractivity contribution in [2.45, 2.75) is 0 Å². The van der Waals surface area contributed by atoms with Crippen LogP contribution in [0.15, 0.2) is 12.1 Å². The lowest BCUT2D eigenvalue weighted by Gasteiger charge is -1.97. The van der Waals surface area contributed by atoms with Crippen LogP contribution in [-0.2, 0) is 4.74 Å². The van der Waals surface area contributed by atoms with E-state index in [2.05, 4.69) is 4.74 Å². The van der Waals surface area contributed by atoms with Crippen LogP contribution in [0.3, 0.4) is 0 Å². The van der Waals surface area contributed by atoms with Gasteiger partial charge in [0.05, 0.1) is 27.7 Å². The molecule has 0 bridgehead atoms. The predicted octanol–water partition coefficient (Wildman–Crippen LogP) is 2.21. The summed E-state index contributed by atoms with van der Waals surface area (Å²) >= 11 is 0.686. The number of hydrogen-bond acceptors (Lipinski definition) is 8. The molecular weight excluding hydrogens is 292 g/mol. The SMILES string of the molecule is COC(=O)c1sc2cc([N+](=O)[O-])cc([N+](=O)[O-])c2c1O. The van der Waals surface area contributed by atoms with Gasteiger partial charge in [0.1, 0.15) is 5.39 Å². The fraction of sp³-hybridized carbons (Fsp3) is 0.100. The number of methoxy groups -OCH3 is 1. The van der Waals surface area contributed by atoms with Crippen molar-refractivity contribution < 1.29 is 24.5 Å². The standard InChI is InChI=1S/C10H6N2O7S/c1-19-10(14)9-8(13)7-5(12(17)18)2-4(11(15)16)3-6(7)20-9/h2-3,13H,1H3. The van der Waals surface area contributed by atoms with Gasteiger partial charge in [-0.25, -0.2) is 4.79 Å². The molecule has 20 heavy (non-hydrogen) atoms. The van der Waals surface area contributed by atoms with E-state index in [-0.39, 0.29) is 15.0 Å². The highest BCUT2D eigenvalue weighted by molar-refractivity contribution is 7.21. The number of rotatable bonds is 3. The molecule has 9 nitrogen and oxygen atoms in total. The maximum absolute atomic E-state index is 11.4. The third kappa shape index (κ3) is 2.01. The number of benzene rings is 1. The Bertz CT molecular complexity index is 752. The number of hydrogen-bond donors (Lipinski definition) is 1. The first-order valence-electron chi connectivity index (χ1n) is 5.03. The molecule has 0 radical (unpaired) electrons. The zero-order valence-electron chi connectivity index (χ0n) is 9.85. The van der Waals surface area contributed by atoms with E-state index in [4.69, 9.17) is 0 Å². The van der Waals surface area contributed by atoms with Gasteiger partial charge in [-0.2, -0.15) is 0 Å². The number of nitro groups is 2. The number of esters is 1. The topological polar surface area (TPSA) is 133 Å². The number of thiophene rings is 1. The number of non-ortho nitro benzene ring substituents is 2. The Balaban J connectivity index is 2.86. The number of nitro benzene ring substituents is 2. The van der Waals surface area contributed by atoms with Crippen LogP contribution < -0.4 is 0 Å². The highest BCUT2D eigenvalue weighted by Gasteiger charge is 2.28. The molecule has 0 saturated heterocycles. The fourth-order valence-corrected chi connectivity index (χ4v) is 2.73. The Hall–Kier alpha value is -2.75. The highest BCUT2D eigenvalue weighted by atomic mass is 32.1. The molecule has 2 aromatic rings. The number of carbonyl (C=O) groups is 1. The minimum absolute atomic E-state index is 0.0591. The third-order valence-electron chi connectivity index (χ3n) is 2.51. The Kier molecular flexibility index (Phi) is 3.24. The molecule has 0 saturated carbocycles. The van der Waals surface area contributed by atoms with E-state index in [1.54, 1.807) is 0 Å². The Labute approximate surface area is 114 Å². The van der Waals surface area contributed by atoms with Crippen molar-refractivity contribution in [2.75, 3.05) is 7.11 Å². The van der Waals surface area contributed by atoms with Crippen LogP contribution in [0.2, 0.25) is 0 Å². The van der Waals surface area contributed by atoms with Gasteiger partial charge >= 0.3 is 5.97 Å². The first-order valence-corrected chi connectivity index (χ1v) is 5.85. The summed E-state index contributed by atoms with van der Waals surface area (Å²) < 4.78 is 4.49. The molecule has 0 aliphatic heterocycles. The van der Waals surface area contributed by atoms with Crippen molar-refractivity contribution in [3.8, 4) is 5.75 Å². The average molecular weight is 298 g/mol. The minimum atomic E-state index is -0.874. The van der Waals surface area contributed by atoms with Crippen molar-refractivity contribution in [1.82, 2.24) is 0 Å². The van der Waals surface area contributed by atoms with E-state index in [0.29, 0.717) is 11.3 Å². The normalized spacial score (nSPS) is 10.4. The molecule has 0 unspecified atom stereocenters. The molecule has 0 fully saturated rings. The van der Waals surface area contributed by atoms with Crippen LogP contribution in [0, 0.1) is 20.2 Å². The maximum atomic E-state index is 11.4. The Morgan fingerprint density at radius 1 is 1.30 bits per heavy atom. The molecule has 2 rings (SSSR count). The summed E-state index contributed by atoms with van der Waals surface area (Å²) in [6.45, 7) is 0. The molecule has 10 heteroatoms. The summed E-state index contributed by atoms with van der Waals surface area (Å²) in [5, 5.41) is 31.4. The van der Waals surface area contributed by atoms with Crippen LogP contribution in [0.1, 0.15) is 9.67 Å². The van der Waals surface area contributed by atoms with E-state index in [1.807, 2.05) is 0 Å². The molecule has 1 N–H and O–H groups in total. The van der Waals surface area contributed by atoms with Gasteiger partial charge in [0.25, 0.3) is 11.4 Å². The average Bonchev–Trinajstić information content (AvgIpc) is 2.74. The van der Waals surface area contributed by atoms with E-state index in [0.717, 1.165) is 19.2 Å². The molecule has 104 valence electrons. The van der Waals surface area contributed by atoms with Gasteiger partial charge in [0.2, 0.25) is 0 Å². The largest absolute Gasteiger partial charge is 0.505 e. The number of fused-ring (bicyclic) bond motifs is 1. The smallest absolute Gasteiger partial charge is 0.351 e. The van der Waals surface area contributed by atoms with Crippen molar-refractivity contribution in [3.05, 3.63) is 37.2 Å². The van der Waals surface area contributed by atoms with Gasteiger partial charge in [-0.3, -0.25) is 20.2 Å². The number of ether oxygens (including phenoxy) is 1. The summed E-state index contributed by atoms with van der Waals surface area (Å²) in [5.74, 6) is -1.49. The van der Waals surface area contributed by atoms with Crippen molar-refractivity contribution in [3.63, 3.8) is 0 Å². The highest BCUT2D eigenvalue weighted by Crippen LogP contribution is 2.44. The molecule has 0 amide bonds. The summed E-state index contributed by atoms with van der Waals surface area (Å²) in [4.78, 5) is 31.2. The fourth-order valence-electron chi connectivity index (χ4n) is 1.66. The van der Waals surface area contributed by atoms with Gasteiger partial charge < -0.3 is 9.84 Å². The summed E-state index contributed by atoms with van der Waals surface area (Å²) in [6, 6.07) is 1.79. The van der Waals surface area contributed by atoms with Crippen molar-refractivity contribution >= 4 is 38.8 Å². The number of nitrogens with zero attached hydrogens (tertiary/aromatic N) is 2. The van der Waals surface area contributed by atoms with Gasteiger partial charge in [-0.1, -0.05) is 0 Å². The molecular formula is C10H6N2O7S. The van der Waals surface area contributed by atoms with Gasteiger partial charge in [0.15, 0.2) is 10.6 Å². The molecule has 0 atom stereocenters. The zero-order valence-corrected chi connectivity index (χ0v) is 10.7. The van der Waals surface area contributed by atoms with Crippen LogP contribution in [0.5, 0.6) is 5.75 Å². The van der Waals surface area contributed by atoms with Crippen LogP contribution in [0.4, 0.5) is 11.4 Å². The minimum Gasteiger partial charge on any atom is -0.505 e. The van der Waals surface area contributed by atoms with Gasteiger partial charge in [-0.15, -0.1) is 11.3 Å². The van der Waals surface area contributed by atoms with E-state index >= 15 is 0 Å². The number of carbonyl (C=O) groups excluding carboxylic acids is 1. The second-order valence-corrected chi connectivity index (χ2v) is 4.68. The Morgan fingerprint density at radius 3 is 2.45 bits per heavy atom. The van der Waals surface area contributed by atoms with Gasteiger partial charge in [-0.05, 0) is 0 Å². The van der Waals surface area contributed by atoms with E-state index < -0.39 is 32.9 Å². The Morgan fingerprint density at radius 2 is 1.95 bits per heavy atom. The second kappa shape index (κ2) is 4.74.